The van der Waals surface area contributed by atoms with Crippen LogP contribution in [0.25, 0.3) is 21.8 Å². The summed E-state index contributed by atoms with van der Waals surface area (Å²) in [6.45, 7) is 1.93. The topological polar surface area (TPSA) is 93.3 Å². The van der Waals surface area contributed by atoms with E-state index in [0.29, 0.717) is 12.2 Å². The third-order valence-corrected chi connectivity index (χ3v) is 5.59. The van der Waals surface area contributed by atoms with E-state index in [1.54, 1.807) is 12.4 Å². The summed E-state index contributed by atoms with van der Waals surface area (Å²) in [6.07, 6.45) is 4.86. The van der Waals surface area contributed by atoms with Gasteiger partial charge < -0.3 is 19.5 Å². The zero-order valence-corrected chi connectivity index (χ0v) is 15.3. The van der Waals surface area contributed by atoms with Crippen molar-refractivity contribution in [3.8, 4) is 5.75 Å². The fourth-order valence-electron chi connectivity index (χ4n) is 4.08. The van der Waals surface area contributed by atoms with Crippen molar-refractivity contribution >= 4 is 21.8 Å². The summed E-state index contributed by atoms with van der Waals surface area (Å²) in [5, 5.41) is 24.2. The molecule has 1 unspecified atom stereocenters. The number of benzene rings is 1. The van der Waals surface area contributed by atoms with Gasteiger partial charge >= 0.3 is 0 Å². The molecular weight excluding hydrogens is 356 g/mol. The van der Waals surface area contributed by atoms with Crippen molar-refractivity contribution in [2.45, 2.75) is 37.7 Å². The minimum absolute atomic E-state index is 0.333. The molecule has 1 aliphatic rings. The molecule has 3 aromatic heterocycles. The normalized spacial score (nSPS) is 24.8. The number of aryl methyl sites for hydroxylation is 1. The number of rotatable bonds is 3. The van der Waals surface area contributed by atoms with Crippen molar-refractivity contribution < 1.29 is 14.9 Å². The molecule has 0 spiro atoms. The Balaban J connectivity index is 1.47. The second-order valence-corrected chi connectivity index (χ2v) is 7.21. The highest BCUT2D eigenvalue weighted by molar-refractivity contribution is 5.87. The maximum atomic E-state index is 10.7. The molecule has 0 radical (unpaired) electrons. The molecule has 28 heavy (non-hydrogen) atoms. The predicted octanol–water partition coefficient (Wildman–Crippen LogP) is 2.40. The maximum absolute atomic E-state index is 10.7. The first kappa shape index (κ1) is 17.1. The lowest BCUT2D eigenvalue weighted by molar-refractivity contribution is -0.0160. The van der Waals surface area contributed by atoms with Gasteiger partial charge in [-0.3, -0.25) is 4.98 Å². The number of pyridine rings is 1. The summed E-state index contributed by atoms with van der Waals surface area (Å²) < 4.78 is 8.05. The summed E-state index contributed by atoms with van der Waals surface area (Å²) in [4.78, 5) is 12.7. The van der Waals surface area contributed by atoms with Gasteiger partial charge in [-0.2, -0.15) is 0 Å². The Morgan fingerprint density at radius 3 is 2.86 bits per heavy atom. The van der Waals surface area contributed by atoms with Gasteiger partial charge in [0.05, 0.1) is 11.7 Å². The Hall–Kier alpha value is -3.03. The minimum atomic E-state index is -1.00. The average Bonchev–Trinajstić information content (AvgIpc) is 3.26. The lowest BCUT2D eigenvalue weighted by atomic mass is 10.1. The number of aliphatic hydroxyl groups excluding tert-OH is 2. The number of ether oxygens (including phenoxy) is 1. The average molecular weight is 376 g/mol. The van der Waals surface area contributed by atoms with E-state index in [1.165, 1.54) is 6.33 Å². The summed E-state index contributed by atoms with van der Waals surface area (Å²) in [5.74, 6) is 0.651. The molecule has 0 bridgehead atoms. The molecule has 4 atom stereocenters. The van der Waals surface area contributed by atoms with Gasteiger partial charge in [0.2, 0.25) is 0 Å². The minimum Gasteiger partial charge on any atom is -0.487 e. The van der Waals surface area contributed by atoms with Crippen LogP contribution >= 0.6 is 0 Å². The third kappa shape index (κ3) is 2.63. The monoisotopic (exact) mass is 376 g/mol. The molecule has 3 heterocycles. The number of fused-ring (bicyclic) bond motifs is 2. The first-order valence-electron chi connectivity index (χ1n) is 9.27. The molecule has 0 saturated heterocycles. The molecule has 0 amide bonds. The SMILES string of the molecule is Cc1ncnc2c1ccn2C1C[C@H](Oc2cccc3ccncc23)[C@@H](O)[C@H]1O. The number of aliphatic hydroxyl groups is 2. The molecule has 5 rings (SSSR count). The molecule has 1 saturated carbocycles. The second kappa shape index (κ2) is 6.54. The Morgan fingerprint density at radius 1 is 1.07 bits per heavy atom. The van der Waals surface area contributed by atoms with Crippen LogP contribution < -0.4 is 4.74 Å². The van der Waals surface area contributed by atoms with Crippen molar-refractivity contribution in [1.82, 2.24) is 19.5 Å². The first-order chi connectivity index (χ1) is 13.6. The van der Waals surface area contributed by atoms with E-state index >= 15 is 0 Å². The lowest BCUT2D eigenvalue weighted by Crippen LogP contribution is -2.34. The van der Waals surface area contributed by atoms with E-state index < -0.39 is 18.3 Å². The van der Waals surface area contributed by atoms with Crippen LogP contribution in [0.4, 0.5) is 0 Å². The van der Waals surface area contributed by atoms with Gasteiger partial charge in [-0.15, -0.1) is 0 Å². The standard InChI is InChI=1S/C21H20N4O3/c1-12-14-6-8-25(21(14)24-11-23-12)16-9-18(20(27)19(16)26)28-17-4-2-3-13-5-7-22-10-15(13)17/h2-8,10-11,16,18-20,26-27H,9H2,1H3/t16?,18-,19-,20+/m0/s1. The zero-order chi connectivity index (χ0) is 19.3. The molecule has 7 nitrogen and oxygen atoms in total. The summed E-state index contributed by atoms with van der Waals surface area (Å²) >= 11 is 0. The molecule has 142 valence electrons. The van der Waals surface area contributed by atoms with Gasteiger partial charge in [0.15, 0.2) is 0 Å². The van der Waals surface area contributed by atoms with Gasteiger partial charge in [0.25, 0.3) is 0 Å². The quantitative estimate of drug-likeness (QED) is 0.570. The van der Waals surface area contributed by atoms with Crippen molar-refractivity contribution in [2.24, 2.45) is 0 Å². The highest BCUT2D eigenvalue weighted by Gasteiger charge is 2.44. The van der Waals surface area contributed by atoms with E-state index in [1.807, 2.05) is 48.0 Å². The largest absolute Gasteiger partial charge is 0.487 e. The number of hydrogen-bond acceptors (Lipinski definition) is 6. The molecule has 7 heteroatoms. The molecule has 1 aromatic carbocycles. The Morgan fingerprint density at radius 2 is 1.96 bits per heavy atom. The number of hydrogen-bond donors (Lipinski definition) is 2. The van der Waals surface area contributed by atoms with Gasteiger partial charge in [-0.1, -0.05) is 12.1 Å². The van der Waals surface area contributed by atoms with Crippen LogP contribution in [-0.2, 0) is 0 Å². The molecule has 1 fully saturated rings. The van der Waals surface area contributed by atoms with Crippen LogP contribution in [-0.4, -0.2) is 48.0 Å². The van der Waals surface area contributed by atoms with E-state index in [-0.39, 0.29) is 6.04 Å². The molecular formula is C21H20N4O3. The summed E-state index contributed by atoms with van der Waals surface area (Å²) in [6, 6.07) is 9.28. The van der Waals surface area contributed by atoms with E-state index in [4.69, 9.17) is 4.74 Å². The lowest BCUT2D eigenvalue weighted by Gasteiger charge is -2.19. The van der Waals surface area contributed by atoms with E-state index in [0.717, 1.165) is 27.5 Å². The smallest absolute Gasteiger partial charge is 0.143 e. The summed E-state index contributed by atoms with van der Waals surface area (Å²) in [7, 11) is 0. The van der Waals surface area contributed by atoms with Gasteiger partial charge in [-0.25, -0.2) is 9.97 Å². The number of aromatic nitrogens is 4. The van der Waals surface area contributed by atoms with Crippen LogP contribution in [0, 0.1) is 6.92 Å². The zero-order valence-electron chi connectivity index (χ0n) is 15.3. The third-order valence-electron chi connectivity index (χ3n) is 5.59. The molecule has 4 aromatic rings. The van der Waals surface area contributed by atoms with E-state index in [2.05, 4.69) is 15.0 Å². The van der Waals surface area contributed by atoms with Gasteiger partial charge in [0.1, 0.15) is 36.0 Å². The van der Waals surface area contributed by atoms with Gasteiger partial charge in [-0.05, 0) is 30.5 Å². The number of nitrogens with zero attached hydrogens (tertiary/aromatic N) is 4. The van der Waals surface area contributed by atoms with Crippen molar-refractivity contribution in [3.05, 3.63) is 60.9 Å². The van der Waals surface area contributed by atoms with Crippen LogP contribution in [0.2, 0.25) is 0 Å². The van der Waals surface area contributed by atoms with E-state index in [9.17, 15) is 10.2 Å². The predicted molar refractivity (Wildman–Crippen MR) is 104 cm³/mol. The summed E-state index contributed by atoms with van der Waals surface area (Å²) in [5.41, 5.74) is 1.63. The van der Waals surface area contributed by atoms with Gasteiger partial charge in [0, 0.05) is 35.8 Å². The Labute approximate surface area is 161 Å². The highest BCUT2D eigenvalue weighted by Crippen LogP contribution is 2.37. The Bertz CT molecular complexity index is 1150. The van der Waals surface area contributed by atoms with Crippen molar-refractivity contribution in [1.29, 1.82) is 0 Å². The maximum Gasteiger partial charge on any atom is 0.143 e. The molecule has 1 aliphatic carbocycles. The Kier molecular flexibility index (Phi) is 3.99. The van der Waals surface area contributed by atoms with Crippen LogP contribution in [0.5, 0.6) is 5.75 Å². The first-order valence-corrected chi connectivity index (χ1v) is 9.27. The van der Waals surface area contributed by atoms with Crippen molar-refractivity contribution in [3.63, 3.8) is 0 Å². The van der Waals surface area contributed by atoms with Crippen LogP contribution in [0.3, 0.4) is 0 Å². The second-order valence-electron chi connectivity index (χ2n) is 7.21. The highest BCUT2D eigenvalue weighted by atomic mass is 16.5. The fourth-order valence-corrected chi connectivity index (χ4v) is 4.08. The van der Waals surface area contributed by atoms with Crippen LogP contribution in [0.15, 0.2) is 55.2 Å². The van der Waals surface area contributed by atoms with Crippen LogP contribution in [0.1, 0.15) is 18.2 Å². The van der Waals surface area contributed by atoms with Crippen molar-refractivity contribution in [2.75, 3.05) is 0 Å². The molecule has 2 N–H and O–H groups in total. The molecule has 0 aliphatic heterocycles. The fraction of sp³-hybridized carbons (Fsp3) is 0.286.